The highest BCUT2D eigenvalue weighted by Crippen LogP contribution is 2.10. The zero-order valence-corrected chi connectivity index (χ0v) is 7.10. The largest absolute Gasteiger partial charge is 0.265 e. The van der Waals surface area contributed by atoms with Gasteiger partial charge in [0.15, 0.2) is 0 Å². The molecule has 0 bridgehead atoms. The third-order valence-electron chi connectivity index (χ3n) is 1.85. The van der Waals surface area contributed by atoms with Crippen LogP contribution in [0.5, 0.6) is 0 Å². The molecule has 0 saturated carbocycles. The zero-order chi connectivity index (χ0) is 9.72. The molecule has 0 heterocycles. The Morgan fingerprint density at radius 2 is 1.25 bits per heavy atom. The quantitative estimate of drug-likeness (QED) is 0.458. The van der Waals surface area contributed by atoms with E-state index in [4.69, 9.17) is 0 Å². The molecule has 0 radical (unpaired) electrons. The molecule has 0 rings (SSSR count). The number of hydrogen-bond acceptors (Lipinski definition) is 4. The monoisotopic (exact) mass is 176 g/mol. The van der Waals surface area contributed by atoms with Crippen molar-refractivity contribution >= 4 is 0 Å². The molecule has 70 valence electrons. The van der Waals surface area contributed by atoms with Crippen molar-refractivity contribution in [1.29, 1.82) is 0 Å². The highest BCUT2D eigenvalue weighted by Gasteiger charge is 2.21. The van der Waals surface area contributed by atoms with Gasteiger partial charge >= 0.3 is 0 Å². The van der Waals surface area contributed by atoms with Crippen molar-refractivity contribution in [3.05, 3.63) is 20.2 Å². The summed E-state index contributed by atoms with van der Waals surface area (Å²) in [6.07, 6.45) is 0. The van der Waals surface area contributed by atoms with Crippen LogP contribution in [0.3, 0.4) is 0 Å². The summed E-state index contributed by atoms with van der Waals surface area (Å²) in [4.78, 5) is 19.2. The summed E-state index contributed by atoms with van der Waals surface area (Å²) < 4.78 is 0. The molecule has 0 saturated heterocycles. The Hall–Kier alpha value is -1.20. The van der Waals surface area contributed by atoms with Crippen LogP contribution in [0.1, 0.15) is 13.8 Å². The maximum atomic E-state index is 10.0. The molecule has 0 aromatic heterocycles. The molecular weight excluding hydrogens is 164 g/mol. The Labute approximate surface area is 69.9 Å². The Balaban J connectivity index is 3.83. The van der Waals surface area contributed by atoms with Crippen molar-refractivity contribution in [3.63, 3.8) is 0 Å². The van der Waals surface area contributed by atoms with Crippen LogP contribution in [0.4, 0.5) is 0 Å². The lowest BCUT2D eigenvalue weighted by Crippen LogP contribution is -2.24. The molecule has 2 unspecified atom stereocenters. The minimum atomic E-state index is -0.443. The predicted octanol–water partition coefficient (Wildman–Crippen LogP) is 0.812. The van der Waals surface area contributed by atoms with Gasteiger partial charge in [0.25, 0.3) is 0 Å². The van der Waals surface area contributed by atoms with E-state index in [0.29, 0.717) is 0 Å². The average Bonchev–Trinajstić information content (AvgIpc) is 1.84. The minimum Gasteiger partial charge on any atom is -0.265 e. The summed E-state index contributed by atoms with van der Waals surface area (Å²) in [5, 5.41) is 20.1. The summed E-state index contributed by atoms with van der Waals surface area (Å²) >= 11 is 0. The van der Waals surface area contributed by atoms with Gasteiger partial charge in [-0.05, 0) is 0 Å². The molecule has 0 N–H and O–H groups in total. The summed E-state index contributed by atoms with van der Waals surface area (Å²) in [5.74, 6) is -0.490. The van der Waals surface area contributed by atoms with E-state index >= 15 is 0 Å². The molecule has 0 aliphatic heterocycles. The predicted molar refractivity (Wildman–Crippen MR) is 42.1 cm³/mol. The summed E-state index contributed by atoms with van der Waals surface area (Å²) in [5.41, 5.74) is 0. The molecular formula is C6H12N2O4. The molecule has 0 spiro atoms. The minimum absolute atomic E-state index is 0.199. The van der Waals surface area contributed by atoms with Crippen molar-refractivity contribution in [1.82, 2.24) is 0 Å². The molecule has 0 fully saturated rings. The van der Waals surface area contributed by atoms with E-state index in [-0.39, 0.29) is 24.9 Å². The van der Waals surface area contributed by atoms with Crippen molar-refractivity contribution in [2.45, 2.75) is 13.8 Å². The summed E-state index contributed by atoms with van der Waals surface area (Å²) in [6, 6.07) is 0. The third kappa shape index (κ3) is 4.59. The van der Waals surface area contributed by atoms with Gasteiger partial charge in [0, 0.05) is 21.7 Å². The first-order valence-corrected chi connectivity index (χ1v) is 3.67. The zero-order valence-electron chi connectivity index (χ0n) is 7.10. The van der Waals surface area contributed by atoms with Crippen molar-refractivity contribution < 1.29 is 9.85 Å². The van der Waals surface area contributed by atoms with E-state index < -0.39 is 9.85 Å². The highest BCUT2D eigenvalue weighted by molar-refractivity contribution is 4.58. The van der Waals surface area contributed by atoms with E-state index in [1.54, 1.807) is 13.8 Å². The van der Waals surface area contributed by atoms with Gasteiger partial charge in [0.1, 0.15) is 0 Å². The maximum Gasteiger partial charge on any atom is 0.206 e. The van der Waals surface area contributed by atoms with Crippen LogP contribution in [0, 0.1) is 32.1 Å². The van der Waals surface area contributed by atoms with Gasteiger partial charge in [-0.25, -0.2) is 0 Å². The van der Waals surface area contributed by atoms with Gasteiger partial charge in [-0.15, -0.1) is 0 Å². The van der Waals surface area contributed by atoms with Crippen LogP contribution in [0.15, 0.2) is 0 Å². The standard InChI is InChI=1S/C6H12N2O4/c1-5(3-7(9)10)6(2)4-8(11)12/h5-6H,3-4H2,1-2H3. The van der Waals surface area contributed by atoms with Gasteiger partial charge in [0.05, 0.1) is 0 Å². The Bertz CT molecular complexity index is 162. The number of nitrogens with zero attached hydrogens (tertiary/aromatic N) is 2. The lowest BCUT2D eigenvalue weighted by atomic mass is 9.96. The number of rotatable bonds is 5. The highest BCUT2D eigenvalue weighted by atomic mass is 16.6. The van der Waals surface area contributed by atoms with E-state index in [1.165, 1.54) is 0 Å². The van der Waals surface area contributed by atoms with Gasteiger partial charge in [-0.3, -0.25) is 20.2 Å². The number of nitro groups is 2. The normalized spacial score (nSPS) is 15.2. The average molecular weight is 176 g/mol. The molecule has 6 nitrogen and oxygen atoms in total. The fourth-order valence-corrected chi connectivity index (χ4v) is 0.830. The van der Waals surface area contributed by atoms with Crippen molar-refractivity contribution in [2.75, 3.05) is 13.1 Å². The van der Waals surface area contributed by atoms with Crippen LogP contribution in [-0.4, -0.2) is 22.9 Å². The van der Waals surface area contributed by atoms with Gasteiger partial charge in [-0.2, -0.15) is 0 Å². The van der Waals surface area contributed by atoms with Crippen LogP contribution in [-0.2, 0) is 0 Å². The lowest BCUT2D eigenvalue weighted by Gasteiger charge is -2.10. The van der Waals surface area contributed by atoms with Crippen LogP contribution in [0.25, 0.3) is 0 Å². The molecule has 0 aliphatic rings. The Kier molecular flexibility index (Phi) is 4.17. The molecule has 0 amide bonds. The molecule has 12 heavy (non-hydrogen) atoms. The fourth-order valence-electron chi connectivity index (χ4n) is 0.830. The van der Waals surface area contributed by atoms with Crippen LogP contribution < -0.4 is 0 Å². The maximum absolute atomic E-state index is 10.0. The van der Waals surface area contributed by atoms with E-state index in [1.807, 2.05) is 0 Å². The second-order valence-electron chi connectivity index (χ2n) is 2.99. The first-order valence-electron chi connectivity index (χ1n) is 3.67. The van der Waals surface area contributed by atoms with E-state index in [9.17, 15) is 20.2 Å². The molecule has 0 aromatic carbocycles. The molecule has 6 heteroatoms. The first-order chi connectivity index (χ1) is 5.43. The number of hydrogen-bond donors (Lipinski definition) is 0. The van der Waals surface area contributed by atoms with E-state index in [2.05, 4.69) is 0 Å². The van der Waals surface area contributed by atoms with Gasteiger partial charge in [0.2, 0.25) is 13.1 Å². The van der Waals surface area contributed by atoms with Gasteiger partial charge < -0.3 is 0 Å². The smallest absolute Gasteiger partial charge is 0.206 e. The Morgan fingerprint density at radius 1 is 1.00 bits per heavy atom. The summed E-state index contributed by atoms with van der Waals surface area (Å²) in [6.45, 7) is 2.90. The topological polar surface area (TPSA) is 86.3 Å². The second kappa shape index (κ2) is 4.63. The molecule has 2 atom stereocenters. The first kappa shape index (κ1) is 10.8. The summed E-state index contributed by atoms with van der Waals surface area (Å²) in [7, 11) is 0. The van der Waals surface area contributed by atoms with Crippen LogP contribution in [0.2, 0.25) is 0 Å². The second-order valence-corrected chi connectivity index (χ2v) is 2.99. The Morgan fingerprint density at radius 3 is 1.42 bits per heavy atom. The lowest BCUT2D eigenvalue weighted by molar-refractivity contribution is -0.506. The fraction of sp³-hybridized carbons (Fsp3) is 1.00. The van der Waals surface area contributed by atoms with Gasteiger partial charge in [-0.1, -0.05) is 13.8 Å². The molecule has 0 aromatic rings. The van der Waals surface area contributed by atoms with E-state index in [0.717, 1.165) is 0 Å². The molecule has 0 aliphatic carbocycles. The third-order valence-corrected chi connectivity index (χ3v) is 1.85. The van der Waals surface area contributed by atoms with Crippen molar-refractivity contribution in [2.24, 2.45) is 11.8 Å². The SMILES string of the molecule is CC(C[N+](=O)[O-])C(C)C[N+](=O)[O-]. The van der Waals surface area contributed by atoms with Crippen LogP contribution >= 0.6 is 0 Å². The van der Waals surface area contributed by atoms with Crippen molar-refractivity contribution in [3.8, 4) is 0 Å².